The first-order chi connectivity index (χ1) is 12.5. The molecule has 2 aromatic carbocycles. The van der Waals surface area contributed by atoms with Crippen LogP contribution in [0.25, 0.3) is 0 Å². The fourth-order valence-electron chi connectivity index (χ4n) is 1.93. The van der Waals surface area contributed by atoms with Gasteiger partial charge in [-0.2, -0.15) is 0 Å². The predicted molar refractivity (Wildman–Crippen MR) is 91.2 cm³/mol. The van der Waals surface area contributed by atoms with Crippen molar-refractivity contribution in [2.24, 2.45) is 0 Å². The molecule has 0 unspecified atom stereocenters. The number of para-hydroxylation sites is 2. The van der Waals surface area contributed by atoms with E-state index in [0.29, 0.717) is 17.2 Å². The number of ether oxygens (including phenoxy) is 3. The van der Waals surface area contributed by atoms with Crippen molar-refractivity contribution in [2.45, 2.75) is 0 Å². The highest BCUT2D eigenvalue weighted by Gasteiger charge is 2.11. The Morgan fingerprint density at radius 2 is 1.69 bits per heavy atom. The van der Waals surface area contributed by atoms with Crippen LogP contribution in [-0.4, -0.2) is 37.1 Å². The minimum absolute atomic E-state index is 0.0945. The van der Waals surface area contributed by atoms with E-state index in [9.17, 15) is 19.7 Å². The molecule has 0 spiro atoms. The van der Waals surface area contributed by atoms with Crippen LogP contribution in [-0.2, 0) is 14.3 Å². The van der Waals surface area contributed by atoms with E-state index in [4.69, 9.17) is 14.2 Å². The number of non-ortho nitro benzene ring substituents is 1. The van der Waals surface area contributed by atoms with E-state index in [1.54, 1.807) is 24.3 Å². The summed E-state index contributed by atoms with van der Waals surface area (Å²) in [6, 6.07) is 12.1. The number of hydrogen-bond donors (Lipinski definition) is 1. The van der Waals surface area contributed by atoms with Gasteiger partial charge < -0.3 is 19.5 Å². The van der Waals surface area contributed by atoms with Crippen molar-refractivity contribution in [3.8, 4) is 11.5 Å². The van der Waals surface area contributed by atoms with Crippen LogP contribution >= 0.6 is 0 Å². The molecule has 0 radical (unpaired) electrons. The third-order valence-corrected chi connectivity index (χ3v) is 3.14. The van der Waals surface area contributed by atoms with Gasteiger partial charge in [0.2, 0.25) is 0 Å². The molecular formula is C17H16N2O7. The summed E-state index contributed by atoms with van der Waals surface area (Å²) in [5.74, 6) is -0.460. The molecule has 1 amide bonds. The molecule has 0 saturated carbocycles. The van der Waals surface area contributed by atoms with Gasteiger partial charge >= 0.3 is 5.97 Å². The van der Waals surface area contributed by atoms with Gasteiger partial charge in [-0.3, -0.25) is 14.9 Å². The maximum Gasteiger partial charge on any atom is 0.344 e. The Hall–Kier alpha value is -3.62. The van der Waals surface area contributed by atoms with E-state index < -0.39 is 23.4 Å². The lowest BCUT2D eigenvalue weighted by Crippen LogP contribution is -2.23. The number of nitrogens with zero attached hydrogens (tertiary/aromatic N) is 1. The van der Waals surface area contributed by atoms with Crippen molar-refractivity contribution in [1.82, 2.24) is 0 Å². The van der Waals surface area contributed by atoms with Gasteiger partial charge in [-0.15, -0.1) is 0 Å². The first-order valence-corrected chi connectivity index (χ1v) is 7.45. The molecule has 0 aromatic heterocycles. The Morgan fingerprint density at radius 3 is 2.31 bits per heavy atom. The molecule has 0 heterocycles. The molecule has 0 aliphatic heterocycles. The number of amides is 1. The molecule has 2 aromatic rings. The number of nitrogens with one attached hydrogen (secondary N) is 1. The first-order valence-electron chi connectivity index (χ1n) is 7.45. The maximum atomic E-state index is 11.7. The number of nitro groups is 1. The lowest BCUT2D eigenvalue weighted by atomic mass is 10.3. The average molecular weight is 360 g/mol. The molecule has 2 rings (SSSR count). The molecule has 0 fully saturated rings. The number of benzene rings is 2. The lowest BCUT2D eigenvalue weighted by molar-refractivity contribution is -0.384. The number of methoxy groups -OCH3 is 1. The molecule has 9 heteroatoms. The highest BCUT2D eigenvalue weighted by atomic mass is 16.6. The smallest absolute Gasteiger partial charge is 0.344 e. The summed E-state index contributed by atoms with van der Waals surface area (Å²) in [6.45, 7) is -0.893. The van der Waals surface area contributed by atoms with Gasteiger partial charge in [0, 0.05) is 17.8 Å². The van der Waals surface area contributed by atoms with Crippen molar-refractivity contribution in [1.29, 1.82) is 0 Å². The van der Waals surface area contributed by atoms with Crippen LogP contribution in [0.3, 0.4) is 0 Å². The quantitative estimate of drug-likeness (QED) is 0.435. The Bertz CT molecular complexity index is 790. The summed E-state index contributed by atoms with van der Waals surface area (Å²) >= 11 is 0. The van der Waals surface area contributed by atoms with E-state index in [1.807, 2.05) is 0 Å². The molecule has 0 bridgehead atoms. The summed E-state index contributed by atoms with van der Waals surface area (Å²) in [5.41, 5.74) is 0.254. The topological polar surface area (TPSA) is 117 Å². The second kappa shape index (κ2) is 9.02. The largest absolute Gasteiger partial charge is 0.493 e. The molecule has 0 atom stereocenters. The van der Waals surface area contributed by atoms with Crippen molar-refractivity contribution < 1.29 is 28.7 Å². The number of esters is 1. The van der Waals surface area contributed by atoms with Crippen LogP contribution < -0.4 is 14.8 Å². The number of rotatable bonds is 8. The second-order valence-corrected chi connectivity index (χ2v) is 4.95. The summed E-state index contributed by atoms with van der Waals surface area (Å²) < 4.78 is 15.2. The number of carbonyl (C=O) groups is 2. The molecular weight excluding hydrogens is 344 g/mol. The zero-order chi connectivity index (χ0) is 18.9. The van der Waals surface area contributed by atoms with Crippen molar-refractivity contribution in [3.63, 3.8) is 0 Å². The van der Waals surface area contributed by atoms with Crippen LogP contribution in [0, 0.1) is 10.1 Å². The van der Waals surface area contributed by atoms with Gasteiger partial charge in [0.05, 0.1) is 12.0 Å². The first kappa shape index (κ1) is 18.7. The lowest BCUT2D eigenvalue weighted by Gasteiger charge is -2.10. The Labute approximate surface area is 148 Å². The molecule has 0 saturated heterocycles. The second-order valence-electron chi connectivity index (χ2n) is 4.95. The molecule has 0 aliphatic carbocycles. The van der Waals surface area contributed by atoms with Crippen molar-refractivity contribution in [3.05, 3.63) is 58.6 Å². The standard InChI is InChI=1S/C17H16N2O7/c1-24-14-4-2-3-5-15(14)25-11-17(21)26-10-16(20)18-12-6-8-13(9-7-12)19(22)23/h2-9H,10-11H2,1H3,(H,18,20). The number of carbonyl (C=O) groups excluding carboxylic acids is 2. The van der Waals surface area contributed by atoms with Crippen LogP contribution in [0.2, 0.25) is 0 Å². The van der Waals surface area contributed by atoms with Gasteiger partial charge in [0.1, 0.15) is 0 Å². The zero-order valence-electron chi connectivity index (χ0n) is 13.8. The number of anilines is 1. The van der Waals surface area contributed by atoms with E-state index in [1.165, 1.54) is 31.4 Å². The minimum atomic E-state index is -0.727. The van der Waals surface area contributed by atoms with Gasteiger partial charge in [-0.05, 0) is 24.3 Å². The average Bonchev–Trinajstić information content (AvgIpc) is 2.65. The van der Waals surface area contributed by atoms with Gasteiger partial charge in [-0.25, -0.2) is 4.79 Å². The van der Waals surface area contributed by atoms with E-state index in [0.717, 1.165) is 0 Å². The number of nitro benzene ring substituents is 1. The van der Waals surface area contributed by atoms with Crippen molar-refractivity contribution in [2.75, 3.05) is 25.6 Å². The summed E-state index contributed by atoms with van der Waals surface area (Å²) in [7, 11) is 1.48. The van der Waals surface area contributed by atoms with Crippen molar-refractivity contribution >= 4 is 23.3 Å². The van der Waals surface area contributed by atoms with Gasteiger partial charge in [-0.1, -0.05) is 12.1 Å². The summed E-state index contributed by atoms with van der Waals surface area (Å²) in [6.07, 6.45) is 0. The minimum Gasteiger partial charge on any atom is -0.493 e. The van der Waals surface area contributed by atoms with E-state index >= 15 is 0 Å². The highest BCUT2D eigenvalue weighted by molar-refractivity contribution is 5.92. The molecule has 136 valence electrons. The van der Waals surface area contributed by atoms with Crippen LogP contribution in [0.15, 0.2) is 48.5 Å². The highest BCUT2D eigenvalue weighted by Crippen LogP contribution is 2.25. The Kier molecular flexibility index (Phi) is 6.49. The molecule has 9 nitrogen and oxygen atoms in total. The molecule has 0 aliphatic rings. The fourth-order valence-corrected chi connectivity index (χ4v) is 1.93. The van der Waals surface area contributed by atoms with E-state index in [2.05, 4.69) is 5.32 Å². The van der Waals surface area contributed by atoms with Crippen LogP contribution in [0.4, 0.5) is 11.4 Å². The van der Waals surface area contributed by atoms with Crippen LogP contribution in [0.1, 0.15) is 0 Å². The summed E-state index contributed by atoms with van der Waals surface area (Å²) in [4.78, 5) is 33.4. The Morgan fingerprint density at radius 1 is 1.04 bits per heavy atom. The fraction of sp³-hybridized carbons (Fsp3) is 0.176. The molecule has 26 heavy (non-hydrogen) atoms. The predicted octanol–water partition coefficient (Wildman–Crippen LogP) is 2.16. The van der Waals surface area contributed by atoms with E-state index in [-0.39, 0.29) is 12.3 Å². The third-order valence-electron chi connectivity index (χ3n) is 3.14. The maximum absolute atomic E-state index is 11.7. The zero-order valence-corrected chi connectivity index (χ0v) is 13.8. The Balaban J connectivity index is 1.76. The monoisotopic (exact) mass is 360 g/mol. The third kappa shape index (κ3) is 5.48. The number of hydrogen-bond acceptors (Lipinski definition) is 7. The van der Waals surface area contributed by atoms with Crippen LogP contribution in [0.5, 0.6) is 11.5 Å². The SMILES string of the molecule is COc1ccccc1OCC(=O)OCC(=O)Nc1ccc([N+](=O)[O-])cc1. The summed E-state index contributed by atoms with van der Waals surface area (Å²) in [5, 5.41) is 13.0. The van der Waals surface area contributed by atoms with Gasteiger partial charge in [0.25, 0.3) is 11.6 Å². The normalized spacial score (nSPS) is 9.88. The van der Waals surface area contributed by atoms with Gasteiger partial charge in [0.15, 0.2) is 24.7 Å². The molecule has 1 N–H and O–H groups in total.